The molecule has 1 aromatic rings. The minimum atomic E-state index is -1.02. The van der Waals surface area contributed by atoms with Gasteiger partial charge in [-0.1, -0.05) is 6.92 Å². The van der Waals surface area contributed by atoms with Crippen LogP contribution in [0.1, 0.15) is 43.0 Å². The first-order valence-corrected chi connectivity index (χ1v) is 7.30. The van der Waals surface area contributed by atoms with E-state index in [-0.39, 0.29) is 17.4 Å². The summed E-state index contributed by atoms with van der Waals surface area (Å²) in [6.45, 7) is 2.22. The summed E-state index contributed by atoms with van der Waals surface area (Å²) in [6.07, 6.45) is 3.99. The fraction of sp³-hybridized carbons (Fsp3) is 0.500. The van der Waals surface area contributed by atoms with Crippen molar-refractivity contribution in [1.82, 2.24) is 0 Å². The number of amides is 1. The Hall–Kier alpha value is -2.04. The monoisotopic (exact) mass is 290 g/mol. The molecule has 2 rings (SSSR count). The van der Waals surface area contributed by atoms with Gasteiger partial charge in [-0.3, -0.25) is 4.79 Å². The number of carboxylic acids is 1. The number of rotatable bonds is 3. The molecule has 1 fully saturated rings. The minimum Gasteiger partial charge on any atom is -0.478 e. The van der Waals surface area contributed by atoms with E-state index in [1.807, 2.05) is 0 Å². The first kappa shape index (κ1) is 15.4. The van der Waals surface area contributed by atoms with Crippen molar-refractivity contribution in [3.63, 3.8) is 0 Å². The summed E-state index contributed by atoms with van der Waals surface area (Å²) in [4.78, 5) is 25.0. The third-order valence-electron chi connectivity index (χ3n) is 4.33. The van der Waals surface area contributed by atoms with Crippen LogP contribution in [0.5, 0.6) is 0 Å². The summed E-state index contributed by atoms with van der Waals surface area (Å²) in [7, 11) is 1.70. The molecule has 5 heteroatoms. The van der Waals surface area contributed by atoms with E-state index in [4.69, 9.17) is 10.8 Å². The molecule has 1 aliphatic rings. The number of carbonyl (C=O) groups excluding carboxylic acids is 1. The summed E-state index contributed by atoms with van der Waals surface area (Å²) >= 11 is 0. The van der Waals surface area contributed by atoms with Crippen LogP contribution < -0.4 is 10.6 Å². The van der Waals surface area contributed by atoms with Crippen LogP contribution in [-0.2, 0) is 4.79 Å². The summed E-state index contributed by atoms with van der Waals surface area (Å²) in [6, 6.07) is 4.47. The van der Waals surface area contributed by atoms with Crippen molar-refractivity contribution in [2.75, 3.05) is 17.7 Å². The topological polar surface area (TPSA) is 83.6 Å². The number of benzene rings is 1. The largest absolute Gasteiger partial charge is 0.478 e. The molecular formula is C16H22N2O3. The molecule has 1 amide bonds. The predicted octanol–water partition coefficient (Wildman–Crippen LogP) is 2.76. The average molecular weight is 290 g/mol. The Balaban J connectivity index is 2.14. The standard InChI is InChI=1S/C16H22N2O3/c1-10-3-5-11(6-4-10)15(19)18(2)14-8-7-12(16(20)21)9-13(14)17/h7-11H,3-6,17H2,1-2H3,(H,20,21). The van der Waals surface area contributed by atoms with Crippen molar-refractivity contribution in [3.05, 3.63) is 23.8 Å². The highest BCUT2D eigenvalue weighted by Crippen LogP contribution is 2.32. The lowest BCUT2D eigenvalue weighted by atomic mass is 9.82. The first-order chi connectivity index (χ1) is 9.90. The van der Waals surface area contributed by atoms with Gasteiger partial charge in [0.25, 0.3) is 0 Å². The van der Waals surface area contributed by atoms with Gasteiger partial charge in [0, 0.05) is 13.0 Å². The summed E-state index contributed by atoms with van der Waals surface area (Å²) in [5.41, 5.74) is 6.91. The van der Waals surface area contributed by atoms with Gasteiger partial charge in [0.1, 0.15) is 0 Å². The van der Waals surface area contributed by atoms with Gasteiger partial charge in [0.15, 0.2) is 0 Å². The molecule has 1 aromatic carbocycles. The van der Waals surface area contributed by atoms with E-state index in [1.165, 1.54) is 12.1 Å². The van der Waals surface area contributed by atoms with Gasteiger partial charge in [0.2, 0.25) is 5.91 Å². The van der Waals surface area contributed by atoms with Gasteiger partial charge in [-0.05, 0) is 49.8 Å². The Morgan fingerprint density at radius 3 is 2.38 bits per heavy atom. The normalized spacial score (nSPS) is 21.8. The number of anilines is 2. The number of carboxylic acid groups (broad SMARTS) is 1. The second-order valence-corrected chi connectivity index (χ2v) is 5.93. The predicted molar refractivity (Wildman–Crippen MR) is 82.3 cm³/mol. The highest BCUT2D eigenvalue weighted by atomic mass is 16.4. The molecule has 0 unspecified atom stereocenters. The van der Waals surface area contributed by atoms with E-state index in [2.05, 4.69) is 6.92 Å². The van der Waals surface area contributed by atoms with Crippen molar-refractivity contribution in [2.24, 2.45) is 11.8 Å². The fourth-order valence-electron chi connectivity index (χ4n) is 2.89. The Kier molecular flexibility index (Phi) is 4.50. The lowest BCUT2D eigenvalue weighted by molar-refractivity contribution is -0.123. The maximum Gasteiger partial charge on any atom is 0.335 e. The zero-order valence-corrected chi connectivity index (χ0v) is 12.5. The van der Waals surface area contributed by atoms with Gasteiger partial charge in [0.05, 0.1) is 16.9 Å². The molecule has 114 valence electrons. The molecule has 0 aliphatic heterocycles. The SMILES string of the molecule is CC1CCC(C(=O)N(C)c2ccc(C(=O)O)cc2N)CC1. The van der Waals surface area contributed by atoms with Crippen LogP contribution in [-0.4, -0.2) is 24.0 Å². The Morgan fingerprint density at radius 1 is 1.24 bits per heavy atom. The number of hydrogen-bond acceptors (Lipinski definition) is 3. The third-order valence-corrected chi connectivity index (χ3v) is 4.33. The lowest BCUT2D eigenvalue weighted by Gasteiger charge is -2.29. The molecule has 0 radical (unpaired) electrons. The molecule has 0 bridgehead atoms. The summed E-state index contributed by atoms with van der Waals surface area (Å²) in [5.74, 6) is -0.218. The summed E-state index contributed by atoms with van der Waals surface area (Å²) < 4.78 is 0. The third kappa shape index (κ3) is 3.35. The van der Waals surface area contributed by atoms with Gasteiger partial charge < -0.3 is 15.7 Å². The highest BCUT2D eigenvalue weighted by molar-refractivity contribution is 5.99. The Labute approximate surface area is 124 Å². The first-order valence-electron chi connectivity index (χ1n) is 7.30. The molecule has 3 N–H and O–H groups in total. The van der Waals surface area contributed by atoms with Crippen molar-refractivity contribution < 1.29 is 14.7 Å². The fourth-order valence-corrected chi connectivity index (χ4v) is 2.89. The van der Waals surface area contributed by atoms with E-state index >= 15 is 0 Å². The van der Waals surface area contributed by atoms with Crippen molar-refractivity contribution in [3.8, 4) is 0 Å². The zero-order chi connectivity index (χ0) is 15.6. The molecular weight excluding hydrogens is 268 g/mol. The van der Waals surface area contributed by atoms with Crippen LogP contribution in [0.25, 0.3) is 0 Å². The van der Waals surface area contributed by atoms with Crippen LogP contribution >= 0.6 is 0 Å². The number of carbonyl (C=O) groups is 2. The number of hydrogen-bond donors (Lipinski definition) is 2. The van der Waals surface area contributed by atoms with E-state index in [0.717, 1.165) is 25.7 Å². The summed E-state index contributed by atoms with van der Waals surface area (Å²) in [5, 5.41) is 8.94. The van der Waals surface area contributed by atoms with E-state index in [0.29, 0.717) is 17.3 Å². The van der Waals surface area contributed by atoms with Crippen LogP contribution in [0.3, 0.4) is 0 Å². The molecule has 0 atom stereocenters. The van der Waals surface area contributed by atoms with Crippen LogP contribution in [0, 0.1) is 11.8 Å². The average Bonchev–Trinajstić information content (AvgIpc) is 2.46. The van der Waals surface area contributed by atoms with Gasteiger partial charge in [-0.2, -0.15) is 0 Å². The van der Waals surface area contributed by atoms with Gasteiger partial charge in [-0.15, -0.1) is 0 Å². The minimum absolute atomic E-state index is 0.0461. The van der Waals surface area contributed by atoms with Gasteiger partial charge in [-0.25, -0.2) is 4.79 Å². The van der Waals surface area contributed by atoms with E-state index in [9.17, 15) is 9.59 Å². The molecule has 1 saturated carbocycles. The van der Waals surface area contributed by atoms with Crippen LogP contribution in [0.15, 0.2) is 18.2 Å². The van der Waals surface area contributed by atoms with E-state index in [1.54, 1.807) is 18.0 Å². The number of aromatic carboxylic acids is 1. The van der Waals surface area contributed by atoms with E-state index < -0.39 is 5.97 Å². The Morgan fingerprint density at radius 2 is 1.86 bits per heavy atom. The quantitative estimate of drug-likeness (QED) is 0.838. The lowest BCUT2D eigenvalue weighted by Crippen LogP contribution is -2.35. The maximum absolute atomic E-state index is 12.5. The van der Waals surface area contributed by atoms with Crippen LogP contribution in [0.4, 0.5) is 11.4 Å². The van der Waals surface area contributed by atoms with Gasteiger partial charge >= 0.3 is 5.97 Å². The molecule has 0 heterocycles. The molecule has 21 heavy (non-hydrogen) atoms. The number of nitrogen functional groups attached to an aromatic ring is 1. The molecule has 0 saturated heterocycles. The molecule has 5 nitrogen and oxygen atoms in total. The molecule has 0 aromatic heterocycles. The van der Waals surface area contributed by atoms with Crippen molar-refractivity contribution >= 4 is 23.3 Å². The Bertz CT molecular complexity index is 548. The highest BCUT2D eigenvalue weighted by Gasteiger charge is 2.27. The smallest absolute Gasteiger partial charge is 0.335 e. The second-order valence-electron chi connectivity index (χ2n) is 5.93. The maximum atomic E-state index is 12.5. The number of nitrogens with two attached hydrogens (primary N) is 1. The van der Waals surface area contributed by atoms with Crippen molar-refractivity contribution in [2.45, 2.75) is 32.6 Å². The zero-order valence-electron chi connectivity index (χ0n) is 12.5. The second kappa shape index (κ2) is 6.16. The number of nitrogens with zero attached hydrogens (tertiary/aromatic N) is 1. The van der Waals surface area contributed by atoms with Crippen molar-refractivity contribution in [1.29, 1.82) is 0 Å². The molecule has 1 aliphatic carbocycles. The molecule has 0 spiro atoms. The van der Waals surface area contributed by atoms with Crippen LogP contribution in [0.2, 0.25) is 0 Å².